The molecule has 0 unspecified atom stereocenters. The van der Waals surface area contributed by atoms with Crippen molar-refractivity contribution in [3.05, 3.63) is 72.4 Å². The van der Waals surface area contributed by atoms with Gasteiger partial charge in [-0.1, -0.05) is 24.8 Å². The van der Waals surface area contributed by atoms with Crippen molar-refractivity contribution in [2.24, 2.45) is 0 Å². The van der Waals surface area contributed by atoms with Crippen LogP contribution in [0.25, 0.3) is 22.0 Å². The molecule has 5 nitrogen and oxygen atoms in total. The summed E-state index contributed by atoms with van der Waals surface area (Å²) in [4.78, 5) is 13.5. The molecule has 0 spiro atoms. The molecule has 0 saturated carbocycles. The largest absolute Gasteiger partial charge is 0.573 e. The number of halogens is 3. The van der Waals surface area contributed by atoms with Crippen LogP contribution in [-0.2, 0) is 17.8 Å². The van der Waals surface area contributed by atoms with Gasteiger partial charge in [0.2, 0.25) is 0 Å². The Morgan fingerprint density at radius 2 is 1.90 bits per heavy atom. The van der Waals surface area contributed by atoms with Crippen molar-refractivity contribution >= 4 is 17.2 Å². The molecular weight excluding hydrogens is 409 g/mol. The fraction of sp³-hybridized carbons (Fsp3) is 0.217. The fourth-order valence-corrected chi connectivity index (χ4v) is 3.17. The summed E-state index contributed by atoms with van der Waals surface area (Å²) in [5.74, 6) is -0.263. The molecule has 0 bridgehead atoms. The minimum atomic E-state index is -4.72. The van der Waals surface area contributed by atoms with Crippen LogP contribution in [0.4, 0.5) is 13.2 Å². The Kier molecular flexibility index (Phi) is 8.72. The van der Waals surface area contributed by atoms with Gasteiger partial charge in [-0.15, -0.1) is 13.2 Å². The summed E-state index contributed by atoms with van der Waals surface area (Å²) in [5.41, 5.74) is 4.36. The lowest BCUT2D eigenvalue weighted by Crippen LogP contribution is -2.16. The first-order valence-electron chi connectivity index (χ1n) is 9.42. The molecule has 3 aromatic rings. The molecule has 31 heavy (non-hydrogen) atoms. The number of alkyl halides is 3. The van der Waals surface area contributed by atoms with E-state index in [4.69, 9.17) is 4.79 Å². The average molecular weight is 432 g/mol. The van der Waals surface area contributed by atoms with Gasteiger partial charge in [-0.3, -0.25) is 9.78 Å². The lowest BCUT2D eigenvalue weighted by molar-refractivity contribution is -0.274. The van der Waals surface area contributed by atoms with E-state index >= 15 is 0 Å². The SMILES string of the molecule is C=CC=O.CNCc1cc(-c2ccc(OC(F)(F)F)cc2)c2cccnc2c1CCO. The summed E-state index contributed by atoms with van der Waals surface area (Å²) in [7, 11) is 1.83. The van der Waals surface area contributed by atoms with E-state index in [-0.39, 0.29) is 12.4 Å². The zero-order valence-corrected chi connectivity index (χ0v) is 16.9. The highest BCUT2D eigenvalue weighted by Gasteiger charge is 2.31. The van der Waals surface area contributed by atoms with Crippen molar-refractivity contribution in [1.29, 1.82) is 0 Å². The molecule has 2 N–H and O–H groups in total. The maximum atomic E-state index is 12.4. The van der Waals surface area contributed by atoms with E-state index in [1.165, 1.54) is 18.2 Å². The maximum Gasteiger partial charge on any atom is 0.573 e. The number of aromatic nitrogens is 1. The quantitative estimate of drug-likeness (QED) is 0.427. The average Bonchev–Trinajstić information content (AvgIpc) is 2.75. The van der Waals surface area contributed by atoms with Crippen molar-refractivity contribution < 1.29 is 27.8 Å². The van der Waals surface area contributed by atoms with Crippen molar-refractivity contribution in [2.45, 2.75) is 19.3 Å². The lowest BCUT2D eigenvalue weighted by Gasteiger charge is -2.16. The van der Waals surface area contributed by atoms with E-state index in [1.807, 2.05) is 25.2 Å². The molecule has 8 heteroatoms. The molecule has 0 fully saturated rings. The fourth-order valence-electron chi connectivity index (χ4n) is 3.17. The molecule has 164 valence electrons. The van der Waals surface area contributed by atoms with Gasteiger partial charge in [-0.05, 0) is 66.1 Å². The number of fused-ring (bicyclic) bond motifs is 1. The number of pyridine rings is 1. The number of nitrogens with zero attached hydrogens (tertiary/aromatic N) is 1. The molecule has 0 atom stereocenters. The zero-order valence-electron chi connectivity index (χ0n) is 16.9. The van der Waals surface area contributed by atoms with E-state index in [9.17, 15) is 18.3 Å². The minimum absolute atomic E-state index is 0.00517. The van der Waals surface area contributed by atoms with E-state index in [0.29, 0.717) is 19.3 Å². The van der Waals surface area contributed by atoms with Crippen LogP contribution in [0.5, 0.6) is 5.75 Å². The normalized spacial score (nSPS) is 10.9. The Labute approximate surface area is 178 Å². The third kappa shape index (κ3) is 6.63. The second kappa shape index (κ2) is 11.2. The van der Waals surface area contributed by atoms with Crippen LogP contribution in [-0.4, -0.2) is 36.4 Å². The summed E-state index contributed by atoms with van der Waals surface area (Å²) < 4.78 is 41.1. The number of aliphatic hydroxyl groups excluding tert-OH is 1. The molecular formula is C23H23F3N2O3. The third-order valence-electron chi connectivity index (χ3n) is 4.31. The Balaban J connectivity index is 0.000000785. The minimum Gasteiger partial charge on any atom is -0.406 e. The number of rotatable bonds is 7. The number of aliphatic hydroxyl groups is 1. The van der Waals surface area contributed by atoms with Crippen LogP contribution < -0.4 is 10.1 Å². The van der Waals surface area contributed by atoms with Gasteiger partial charge in [-0.2, -0.15) is 0 Å². The van der Waals surface area contributed by atoms with Crippen LogP contribution in [0.2, 0.25) is 0 Å². The van der Waals surface area contributed by atoms with Crippen LogP contribution >= 0.6 is 0 Å². The van der Waals surface area contributed by atoms with E-state index in [2.05, 4.69) is 21.6 Å². The second-order valence-corrected chi connectivity index (χ2v) is 6.41. The van der Waals surface area contributed by atoms with Gasteiger partial charge >= 0.3 is 6.36 Å². The van der Waals surface area contributed by atoms with Gasteiger partial charge in [0.1, 0.15) is 12.0 Å². The highest BCUT2D eigenvalue weighted by atomic mass is 19.4. The number of carbonyl (C=O) groups excluding carboxylic acids is 1. The first kappa shape index (κ1) is 24.0. The van der Waals surface area contributed by atoms with Crippen LogP contribution in [0.1, 0.15) is 11.1 Å². The molecule has 1 aromatic heterocycles. The summed E-state index contributed by atoms with van der Waals surface area (Å²) in [5, 5.41) is 13.4. The number of hydrogen-bond donors (Lipinski definition) is 2. The molecule has 0 amide bonds. The first-order chi connectivity index (χ1) is 14.8. The maximum absolute atomic E-state index is 12.4. The van der Waals surface area contributed by atoms with Gasteiger partial charge in [0.15, 0.2) is 0 Å². The summed E-state index contributed by atoms with van der Waals surface area (Å²) in [6.45, 7) is 3.70. The van der Waals surface area contributed by atoms with Crippen molar-refractivity contribution in [3.63, 3.8) is 0 Å². The predicted molar refractivity (Wildman–Crippen MR) is 114 cm³/mol. The lowest BCUT2D eigenvalue weighted by atomic mass is 9.92. The number of hydrogen-bond acceptors (Lipinski definition) is 5. The molecule has 0 aliphatic carbocycles. The van der Waals surface area contributed by atoms with Gasteiger partial charge < -0.3 is 15.2 Å². The van der Waals surface area contributed by atoms with Crippen molar-refractivity contribution in [1.82, 2.24) is 10.3 Å². The molecule has 0 saturated heterocycles. The summed E-state index contributed by atoms with van der Waals surface area (Å²) in [6, 6.07) is 11.5. The molecule has 0 radical (unpaired) electrons. The van der Waals surface area contributed by atoms with Gasteiger partial charge in [0.05, 0.1) is 5.52 Å². The number of carbonyl (C=O) groups is 1. The molecule has 0 aliphatic rings. The van der Waals surface area contributed by atoms with E-state index in [0.717, 1.165) is 33.2 Å². The number of benzene rings is 2. The predicted octanol–water partition coefficient (Wildman–Crippen LogP) is 4.43. The Bertz CT molecular complexity index is 1010. The number of nitrogens with one attached hydrogen (secondary N) is 1. The molecule has 2 aromatic carbocycles. The second-order valence-electron chi connectivity index (χ2n) is 6.41. The standard InChI is InChI=1S/C20H19F3N2O2.C3H4O/c1-24-12-14-11-18(13-4-6-15(7-5-13)27-20(21,22)23)17-3-2-9-25-19(17)16(14)8-10-26;1-2-3-4/h2-7,9,11,24,26H,8,10,12H2,1H3;2-3H,1H2. The Hall–Kier alpha value is -3.23. The van der Waals surface area contributed by atoms with Crippen LogP contribution in [0.3, 0.4) is 0 Å². The van der Waals surface area contributed by atoms with Gasteiger partial charge in [0.25, 0.3) is 0 Å². The van der Waals surface area contributed by atoms with Crippen molar-refractivity contribution in [2.75, 3.05) is 13.7 Å². The monoisotopic (exact) mass is 432 g/mol. The Morgan fingerprint density at radius 3 is 2.45 bits per heavy atom. The third-order valence-corrected chi connectivity index (χ3v) is 4.31. The highest BCUT2D eigenvalue weighted by molar-refractivity contribution is 5.97. The van der Waals surface area contributed by atoms with Crippen LogP contribution in [0.15, 0.2) is 61.3 Å². The number of aldehydes is 1. The molecule has 3 rings (SSSR count). The smallest absolute Gasteiger partial charge is 0.406 e. The zero-order chi connectivity index (χ0) is 22.9. The summed E-state index contributed by atoms with van der Waals surface area (Å²) in [6.07, 6.45) is -0.719. The van der Waals surface area contributed by atoms with E-state index in [1.54, 1.807) is 18.3 Å². The number of ether oxygens (including phenoxy) is 1. The number of allylic oxidation sites excluding steroid dienone is 1. The topological polar surface area (TPSA) is 71.5 Å². The van der Waals surface area contributed by atoms with Gasteiger partial charge in [0, 0.05) is 24.7 Å². The molecule has 1 heterocycles. The highest BCUT2D eigenvalue weighted by Crippen LogP contribution is 2.34. The van der Waals surface area contributed by atoms with Crippen LogP contribution in [0, 0.1) is 0 Å². The molecule has 0 aliphatic heterocycles. The van der Waals surface area contributed by atoms with Gasteiger partial charge in [-0.25, -0.2) is 0 Å². The summed E-state index contributed by atoms with van der Waals surface area (Å²) >= 11 is 0. The first-order valence-corrected chi connectivity index (χ1v) is 9.42. The Morgan fingerprint density at radius 1 is 1.23 bits per heavy atom. The van der Waals surface area contributed by atoms with E-state index < -0.39 is 6.36 Å². The van der Waals surface area contributed by atoms with Crippen molar-refractivity contribution in [3.8, 4) is 16.9 Å².